The molecule has 2 atom stereocenters. The largest absolute Gasteiger partial charge is 0.376 e. The predicted molar refractivity (Wildman–Crippen MR) is 65.4 cm³/mol. The Morgan fingerprint density at radius 3 is 2.83 bits per heavy atom. The lowest BCUT2D eigenvalue weighted by molar-refractivity contribution is 0.0727. The van der Waals surface area contributed by atoms with E-state index in [0.29, 0.717) is 11.6 Å². The molecule has 1 aliphatic heterocycles. The lowest BCUT2D eigenvalue weighted by Gasteiger charge is -2.18. The number of hydrogen-bond acceptors (Lipinski definition) is 4. The van der Waals surface area contributed by atoms with Crippen LogP contribution in [-0.2, 0) is 4.74 Å². The van der Waals surface area contributed by atoms with Gasteiger partial charge in [-0.1, -0.05) is 11.6 Å². The minimum absolute atomic E-state index is 0.0995. The van der Waals surface area contributed by atoms with Crippen molar-refractivity contribution in [3.8, 4) is 0 Å². The fourth-order valence-corrected chi connectivity index (χ4v) is 2.44. The van der Waals surface area contributed by atoms with Crippen molar-refractivity contribution in [2.45, 2.75) is 31.4 Å². The third kappa shape index (κ3) is 2.47. The lowest BCUT2D eigenvalue weighted by Crippen LogP contribution is -2.41. The molecule has 5 nitrogen and oxygen atoms in total. The number of rotatable bonds is 3. The van der Waals surface area contributed by atoms with Crippen LogP contribution in [-0.4, -0.2) is 34.9 Å². The standard InChI is InChI=1S/C12H14ClN3O2/c13-10-4-3-9(15-16-10)12(17)14-8-5-6-18-11(8)7-1-2-7/h3-4,7-8,11H,1-2,5-6H2,(H,14,17). The zero-order valence-electron chi connectivity index (χ0n) is 9.80. The molecule has 2 fully saturated rings. The summed E-state index contributed by atoms with van der Waals surface area (Å²) in [6, 6.07) is 3.24. The quantitative estimate of drug-likeness (QED) is 0.900. The normalized spacial score (nSPS) is 27.2. The third-order valence-electron chi connectivity index (χ3n) is 3.40. The average molecular weight is 268 g/mol. The van der Waals surface area contributed by atoms with Crippen LogP contribution in [0.2, 0.25) is 5.15 Å². The number of carbonyl (C=O) groups is 1. The van der Waals surface area contributed by atoms with Crippen molar-refractivity contribution in [3.05, 3.63) is 23.0 Å². The molecule has 1 saturated heterocycles. The van der Waals surface area contributed by atoms with Crippen molar-refractivity contribution in [2.75, 3.05) is 6.61 Å². The zero-order chi connectivity index (χ0) is 12.5. The van der Waals surface area contributed by atoms with Crippen LogP contribution in [0.25, 0.3) is 0 Å². The Balaban J connectivity index is 1.64. The van der Waals surface area contributed by atoms with Gasteiger partial charge in [0.15, 0.2) is 10.8 Å². The Labute approximate surface area is 110 Å². The van der Waals surface area contributed by atoms with Crippen LogP contribution in [0, 0.1) is 5.92 Å². The summed E-state index contributed by atoms with van der Waals surface area (Å²) >= 11 is 5.63. The summed E-state index contributed by atoms with van der Waals surface area (Å²) < 4.78 is 5.67. The Hall–Kier alpha value is -1.20. The van der Waals surface area contributed by atoms with Crippen molar-refractivity contribution in [1.29, 1.82) is 0 Å². The predicted octanol–water partition coefficient (Wildman–Crippen LogP) is 1.43. The summed E-state index contributed by atoms with van der Waals surface area (Å²) in [5.41, 5.74) is 0.292. The van der Waals surface area contributed by atoms with Crippen LogP contribution in [0.15, 0.2) is 12.1 Å². The van der Waals surface area contributed by atoms with Crippen LogP contribution in [0.5, 0.6) is 0 Å². The first kappa shape index (κ1) is 11.9. The van der Waals surface area contributed by atoms with Gasteiger partial charge >= 0.3 is 0 Å². The van der Waals surface area contributed by atoms with Crippen molar-refractivity contribution < 1.29 is 9.53 Å². The Kier molecular flexibility index (Phi) is 3.18. The van der Waals surface area contributed by atoms with E-state index in [1.165, 1.54) is 12.8 Å². The molecule has 1 aliphatic carbocycles. The van der Waals surface area contributed by atoms with E-state index in [2.05, 4.69) is 15.5 Å². The molecule has 1 N–H and O–H groups in total. The minimum atomic E-state index is -0.208. The molecule has 0 spiro atoms. The SMILES string of the molecule is O=C(NC1CCOC1C1CC1)c1ccc(Cl)nn1. The molecule has 0 radical (unpaired) electrons. The smallest absolute Gasteiger partial charge is 0.272 e. The van der Waals surface area contributed by atoms with Gasteiger partial charge in [0, 0.05) is 6.61 Å². The van der Waals surface area contributed by atoms with Gasteiger partial charge in [-0.3, -0.25) is 4.79 Å². The monoisotopic (exact) mass is 267 g/mol. The number of nitrogens with one attached hydrogen (secondary N) is 1. The number of hydrogen-bond donors (Lipinski definition) is 1. The average Bonchev–Trinajstić information content (AvgIpc) is 3.11. The fraction of sp³-hybridized carbons (Fsp3) is 0.583. The van der Waals surface area contributed by atoms with E-state index in [1.807, 2.05) is 0 Å². The van der Waals surface area contributed by atoms with Gasteiger partial charge in [0.05, 0.1) is 12.1 Å². The highest BCUT2D eigenvalue weighted by molar-refractivity contribution is 6.29. The zero-order valence-corrected chi connectivity index (χ0v) is 10.6. The molecule has 2 heterocycles. The summed E-state index contributed by atoms with van der Waals surface area (Å²) in [7, 11) is 0. The number of amides is 1. The fourth-order valence-electron chi connectivity index (χ4n) is 2.33. The van der Waals surface area contributed by atoms with Gasteiger partial charge in [-0.15, -0.1) is 10.2 Å². The van der Waals surface area contributed by atoms with E-state index in [9.17, 15) is 4.79 Å². The molecule has 0 bridgehead atoms. The number of ether oxygens (including phenoxy) is 1. The van der Waals surface area contributed by atoms with Gasteiger partial charge < -0.3 is 10.1 Å². The molecular formula is C12H14ClN3O2. The van der Waals surface area contributed by atoms with E-state index < -0.39 is 0 Å². The number of carbonyl (C=O) groups excluding carboxylic acids is 1. The maximum Gasteiger partial charge on any atom is 0.272 e. The molecule has 1 aromatic heterocycles. The summed E-state index contributed by atoms with van der Waals surface area (Å²) in [5.74, 6) is 0.411. The number of nitrogens with zero attached hydrogens (tertiary/aromatic N) is 2. The molecule has 1 saturated carbocycles. The molecule has 6 heteroatoms. The van der Waals surface area contributed by atoms with Crippen molar-refractivity contribution >= 4 is 17.5 Å². The second kappa shape index (κ2) is 4.82. The lowest BCUT2D eigenvalue weighted by atomic mass is 10.1. The van der Waals surface area contributed by atoms with Crippen molar-refractivity contribution in [1.82, 2.24) is 15.5 Å². The highest BCUT2D eigenvalue weighted by Gasteiger charge is 2.41. The van der Waals surface area contributed by atoms with Gasteiger partial charge in [-0.05, 0) is 37.3 Å². The second-order valence-corrected chi connectivity index (χ2v) is 5.17. The first-order chi connectivity index (χ1) is 8.74. The molecule has 2 aliphatic rings. The Morgan fingerprint density at radius 1 is 1.33 bits per heavy atom. The number of aromatic nitrogens is 2. The third-order valence-corrected chi connectivity index (χ3v) is 3.61. The summed E-state index contributed by atoms with van der Waals surface area (Å²) in [5, 5.41) is 10.7. The first-order valence-electron chi connectivity index (χ1n) is 6.16. The molecule has 96 valence electrons. The Bertz CT molecular complexity index is 447. The Morgan fingerprint density at radius 2 is 2.17 bits per heavy atom. The van der Waals surface area contributed by atoms with E-state index in [0.717, 1.165) is 13.0 Å². The first-order valence-corrected chi connectivity index (χ1v) is 6.53. The van der Waals surface area contributed by atoms with Gasteiger partial charge in [-0.25, -0.2) is 0 Å². The molecular weight excluding hydrogens is 254 g/mol. The highest BCUT2D eigenvalue weighted by Crippen LogP contribution is 2.38. The van der Waals surface area contributed by atoms with Gasteiger partial charge in [0.25, 0.3) is 5.91 Å². The molecule has 1 aromatic rings. The van der Waals surface area contributed by atoms with Crippen LogP contribution >= 0.6 is 11.6 Å². The molecule has 1 amide bonds. The van der Waals surface area contributed by atoms with Gasteiger partial charge in [-0.2, -0.15) is 0 Å². The van der Waals surface area contributed by atoms with Gasteiger partial charge in [0.2, 0.25) is 0 Å². The van der Waals surface area contributed by atoms with Crippen LogP contribution in [0.3, 0.4) is 0 Å². The summed E-state index contributed by atoms with van der Waals surface area (Å²) in [4.78, 5) is 12.0. The molecule has 2 unspecified atom stereocenters. The van der Waals surface area contributed by atoms with Crippen LogP contribution in [0.4, 0.5) is 0 Å². The van der Waals surface area contributed by atoms with Crippen LogP contribution in [0.1, 0.15) is 29.8 Å². The van der Waals surface area contributed by atoms with Gasteiger partial charge in [0.1, 0.15) is 0 Å². The van der Waals surface area contributed by atoms with E-state index in [1.54, 1.807) is 12.1 Å². The maximum atomic E-state index is 12.0. The summed E-state index contributed by atoms with van der Waals surface area (Å²) in [6.07, 6.45) is 3.46. The van der Waals surface area contributed by atoms with Crippen LogP contribution < -0.4 is 5.32 Å². The molecule has 3 rings (SSSR count). The minimum Gasteiger partial charge on any atom is -0.376 e. The topological polar surface area (TPSA) is 64.1 Å². The second-order valence-electron chi connectivity index (χ2n) is 4.78. The number of halogens is 1. The van der Waals surface area contributed by atoms with E-state index >= 15 is 0 Å². The maximum absolute atomic E-state index is 12.0. The van der Waals surface area contributed by atoms with E-state index in [4.69, 9.17) is 16.3 Å². The van der Waals surface area contributed by atoms with Crippen molar-refractivity contribution in [2.24, 2.45) is 5.92 Å². The highest BCUT2D eigenvalue weighted by atomic mass is 35.5. The van der Waals surface area contributed by atoms with E-state index in [-0.39, 0.29) is 23.2 Å². The summed E-state index contributed by atoms with van der Waals surface area (Å²) in [6.45, 7) is 0.721. The molecule has 0 aromatic carbocycles. The van der Waals surface area contributed by atoms with Crippen molar-refractivity contribution in [3.63, 3.8) is 0 Å². The molecule has 18 heavy (non-hydrogen) atoms.